The monoisotopic (exact) mass is 280 g/mol. The van der Waals surface area contributed by atoms with Gasteiger partial charge < -0.3 is 9.84 Å². The molecule has 5 heteroatoms. The number of carboxylic acids is 1. The highest BCUT2D eigenvalue weighted by atomic mass is 16.5. The molecule has 0 fully saturated rings. The summed E-state index contributed by atoms with van der Waals surface area (Å²) in [7, 11) is 1.64. The van der Waals surface area contributed by atoms with Crippen LogP contribution in [0.15, 0.2) is 12.1 Å². The van der Waals surface area contributed by atoms with Crippen LogP contribution >= 0.6 is 0 Å². The van der Waals surface area contributed by atoms with Gasteiger partial charge in [-0.25, -0.2) is 0 Å². The number of hydrogen-bond acceptors (Lipinski definition) is 4. The summed E-state index contributed by atoms with van der Waals surface area (Å²) in [5.74, 6) is 0.0609. The van der Waals surface area contributed by atoms with Gasteiger partial charge in [-0.05, 0) is 33.7 Å². The lowest BCUT2D eigenvalue weighted by molar-refractivity contribution is -0.137. The molecule has 0 amide bonds. The van der Waals surface area contributed by atoms with Gasteiger partial charge in [0.1, 0.15) is 5.75 Å². The van der Waals surface area contributed by atoms with E-state index in [2.05, 4.69) is 23.7 Å². The van der Waals surface area contributed by atoms with Gasteiger partial charge in [0.15, 0.2) is 0 Å². The van der Waals surface area contributed by atoms with E-state index in [1.165, 1.54) is 0 Å². The number of ether oxygens (including phenoxy) is 1. The highest BCUT2D eigenvalue weighted by molar-refractivity contribution is 5.66. The third-order valence-corrected chi connectivity index (χ3v) is 3.15. The Labute approximate surface area is 120 Å². The Balaban J connectivity index is 2.69. The molecule has 0 radical (unpaired) electrons. The molecule has 0 aliphatic heterocycles. The number of aromatic nitrogens is 1. The van der Waals surface area contributed by atoms with Crippen molar-refractivity contribution in [3.63, 3.8) is 0 Å². The number of methoxy groups -OCH3 is 1. The molecule has 0 saturated carbocycles. The van der Waals surface area contributed by atoms with E-state index in [0.717, 1.165) is 23.7 Å². The average molecular weight is 280 g/mol. The number of hydrogen-bond donors (Lipinski definition) is 1. The molecule has 1 N–H and O–H groups in total. The molecular formula is C15H24N2O3. The lowest BCUT2D eigenvalue weighted by atomic mass is 10.2. The van der Waals surface area contributed by atoms with Gasteiger partial charge in [-0.2, -0.15) is 0 Å². The summed E-state index contributed by atoms with van der Waals surface area (Å²) >= 11 is 0. The number of nitrogens with zero attached hydrogens (tertiary/aromatic N) is 2. The van der Waals surface area contributed by atoms with E-state index < -0.39 is 5.97 Å². The lowest BCUT2D eigenvalue weighted by Gasteiger charge is -2.26. The van der Waals surface area contributed by atoms with Gasteiger partial charge in [-0.3, -0.25) is 14.7 Å². The molecule has 0 saturated heterocycles. The predicted molar refractivity (Wildman–Crippen MR) is 77.9 cm³/mol. The Morgan fingerprint density at radius 3 is 2.70 bits per heavy atom. The number of pyridine rings is 1. The van der Waals surface area contributed by atoms with Crippen molar-refractivity contribution in [1.29, 1.82) is 0 Å². The third kappa shape index (κ3) is 5.57. The summed E-state index contributed by atoms with van der Waals surface area (Å²) in [4.78, 5) is 17.3. The Hall–Kier alpha value is -1.62. The van der Waals surface area contributed by atoms with Crippen LogP contribution in [0.5, 0.6) is 5.75 Å². The summed E-state index contributed by atoms with van der Waals surface area (Å²) in [6, 6.07) is 4.17. The van der Waals surface area contributed by atoms with Crippen LogP contribution in [0, 0.1) is 6.92 Å². The minimum atomic E-state index is -0.746. The Morgan fingerprint density at radius 2 is 2.15 bits per heavy atom. The minimum Gasteiger partial charge on any atom is -0.497 e. The maximum Gasteiger partial charge on any atom is 0.303 e. The second-order valence-corrected chi connectivity index (χ2v) is 5.20. The predicted octanol–water partition coefficient (Wildman–Crippen LogP) is 2.47. The van der Waals surface area contributed by atoms with Crippen molar-refractivity contribution in [3.8, 4) is 5.75 Å². The van der Waals surface area contributed by atoms with E-state index in [0.29, 0.717) is 19.0 Å². The van der Waals surface area contributed by atoms with E-state index in [-0.39, 0.29) is 6.42 Å². The van der Waals surface area contributed by atoms with Crippen molar-refractivity contribution in [2.45, 2.75) is 46.2 Å². The molecule has 1 aromatic rings. The maximum absolute atomic E-state index is 10.6. The minimum absolute atomic E-state index is 0.202. The van der Waals surface area contributed by atoms with Crippen LogP contribution in [-0.4, -0.2) is 40.7 Å². The first-order chi connectivity index (χ1) is 9.42. The third-order valence-electron chi connectivity index (χ3n) is 3.15. The van der Waals surface area contributed by atoms with Crippen LogP contribution < -0.4 is 4.74 Å². The first kappa shape index (κ1) is 16.4. The van der Waals surface area contributed by atoms with Gasteiger partial charge in [0.25, 0.3) is 0 Å². The molecule has 0 spiro atoms. The van der Waals surface area contributed by atoms with Crippen LogP contribution in [0.1, 0.15) is 38.1 Å². The fourth-order valence-electron chi connectivity index (χ4n) is 2.06. The summed E-state index contributed by atoms with van der Waals surface area (Å²) in [6.45, 7) is 7.61. The van der Waals surface area contributed by atoms with Crippen LogP contribution in [0.2, 0.25) is 0 Å². The molecule has 1 rings (SSSR count). The van der Waals surface area contributed by atoms with Crippen LogP contribution in [0.3, 0.4) is 0 Å². The number of aryl methyl sites for hydroxylation is 1. The van der Waals surface area contributed by atoms with Crippen molar-refractivity contribution < 1.29 is 14.6 Å². The summed E-state index contributed by atoms with van der Waals surface area (Å²) in [5.41, 5.74) is 1.87. The van der Waals surface area contributed by atoms with Crippen LogP contribution in [0.4, 0.5) is 0 Å². The highest BCUT2D eigenvalue weighted by Crippen LogP contribution is 2.16. The summed E-state index contributed by atoms with van der Waals surface area (Å²) in [5, 5.41) is 8.71. The van der Waals surface area contributed by atoms with E-state index in [9.17, 15) is 4.79 Å². The Morgan fingerprint density at radius 1 is 1.45 bits per heavy atom. The molecule has 0 atom stereocenters. The molecule has 1 heterocycles. The second-order valence-electron chi connectivity index (χ2n) is 5.20. The zero-order valence-corrected chi connectivity index (χ0v) is 12.7. The first-order valence-corrected chi connectivity index (χ1v) is 6.89. The van der Waals surface area contributed by atoms with Gasteiger partial charge >= 0.3 is 5.97 Å². The summed E-state index contributed by atoms with van der Waals surface area (Å²) < 4.78 is 5.25. The molecule has 0 aromatic carbocycles. The smallest absolute Gasteiger partial charge is 0.303 e. The second kappa shape index (κ2) is 7.85. The van der Waals surface area contributed by atoms with Crippen molar-refractivity contribution >= 4 is 5.97 Å². The van der Waals surface area contributed by atoms with Crippen LogP contribution in [0.25, 0.3) is 0 Å². The molecule has 0 aliphatic carbocycles. The van der Waals surface area contributed by atoms with E-state index in [4.69, 9.17) is 9.84 Å². The maximum atomic E-state index is 10.6. The fourth-order valence-corrected chi connectivity index (χ4v) is 2.06. The molecule has 0 bridgehead atoms. The zero-order chi connectivity index (χ0) is 15.1. The van der Waals surface area contributed by atoms with Crippen LogP contribution in [-0.2, 0) is 11.3 Å². The average Bonchev–Trinajstić information content (AvgIpc) is 2.36. The number of carbonyl (C=O) groups is 1. The van der Waals surface area contributed by atoms with Crippen molar-refractivity contribution in [1.82, 2.24) is 9.88 Å². The van der Waals surface area contributed by atoms with Gasteiger partial charge in [-0.1, -0.05) is 0 Å². The highest BCUT2D eigenvalue weighted by Gasteiger charge is 2.12. The SMILES string of the molecule is COc1cc(C)nc(CN(CCCC(=O)O)C(C)C)c1. The number of aliphatic carboxylic acids is 1. The molecule has 20 heavy (non-hydrogen) atoms. The molecule has 0 unspecified atom stereocenters. The normalized spacial score (nSPS) is 11.1. The molecule has 112 valence electrons. The number of rotatable bonds is 8. The van der Waals surface area contributed by atoms with Gasteiger partial charge in [0, 0.05) is 36.8 Å². The first-order valence-electron chi connectivity index (χ1n) is 6.89. The molecule has 1 aromatic heterocycles. The summed E-state index contributed by atoms with van der Waals surface area (Å²) in [6.07, 6.45) is 0.851. The Kier molecular flexibility index (Phi) is 6.45. The molecular weight excluding hydrogens is 256 g/mol. The fraction of sp³-hybridized carbons (Fsp3) is 0.600. The van der Waals surface area contributed by atoms with Crippen molar-refractivity contribution in [2.75, 3.05) is 13.7 Å². The Bertz CT molecular complexity index is 447. The largest absolute Gasteiger partial charge is 0.497 e. The molecule has 5 nitrogen and oxygen atoms in total. The standard InChI is InChI=1S/C15H24N2O3/c1-11(2)17(7-5-6-15(18)19)10-13-9-14(20-4)8-12(3)16-13/h8-9,11H,5-7,10H2,1-4H3,(H,18,19). The van der Waals surface area contributed by atoms with Crippen molar-refractivity contribution in [2.24, 2.45) is 0 Å². The van der Waals surface area contributed by atoms with E-state index in [1.54, 1.807) is 7.11 Å². The van der Waals surface area contributed by atoms with Crippen molar-refractivity contribution in [3.05, 3.63) is 23.5 Å². The van der Waals surface area contributed by atoms with E-state index >= 15 is 0 Å². The van der Waals surface area contributed by atoms with E-state index in [1.807, 2.05) is 19.1 Å². The topological polar surface area (TPSA) is 62.7 Å². The van der Waals surface area contributed by atoms with Gasteiger partial charge in [0.2, 0.25) is 0 Å². The molecule has 0 aliphatic rings. The van der Waals surface area contributed by atoms with Gasteiger partial charge in [0.05, 0.1) is 12.8 Å². The number of carboxylic acid groups (broad SMARTS) is 1. The zero-order valence-electron chi connectivity index (χ0n) is 12.7. The quantitative estimate of drug-likeness (QED) is 0.792. The van der Waals surface area contributed by atoms with Gasteiger partial charge in [-0.15, -0.1) is 0 Å². The lowest BCUT2D eigenvalue weighted by Crippen LogP contribution is -2.32.